The number of ether oxygens (including phenoxy) is 6. The summed E-state index contributed by atoms with van der Waals surface area (Å²) in [6.45, 7) is -0.701. The normalized spacial score (nSPS) is 33.0. The van der Waals surface area contributed by atoms with Crippen LogP contribution in [0.25, 0.3) is 0 Å². The van der Waals surface area contributed by atoms with Gasteiger partial charge in [0.05, 0.1) is 56.8 Å². The van der Waals surface area contributed by atoms with Crippen LogP contribution < -0.4 is 16.4 Å². The lowest BCUT2D eigenvalue weighted by atomic mass is 9.88. The molecule has 2 heterocycles. The highest BCUT2D eigenvalue weighted by Gasteiger charge is 2.47. The van der Waals surface area contributed by atoms with Crippen LogP contribution in [0.2, 0.25) is 0 Å². The molecule has 2 saturated heterocycles. The van der Waals surface area contributed by atoms with Crippen LogP contribution in [0.5, 0.6) is 5.75 Å². The van der Waals surface area contributed by atoms with Gasteiger partial charge in [-0.25, -0.2) is 9.59 Å². The fourth-order valence-corrected chi connectivity index (χ4v) is 5.22. The van der Waals surface area contributed by atoms with E-state index in [-0.39, 0.29) is 30.2 Å². The number of phenolic OH excluding ortho intramolecular Hbond substituents is 1. The Balaban J connectivity index is 1.58. The number of carbonyl (C=O) groups excluding carboxylic acids is 2. The molecule has 0 radical (unpaired) electrons. The fraction of sp³-hybridized carbons (Fsp3) is 0.704. The van der Waals surface area contributed by atoms with Crippen molar-refractivity contribution in [1.29, 1.82) is 0 Å². The highest BCUT2D eigenvalue weighted by molar-refractivity contribution is 5.93. The summed E-state index contributed by atoms with van der Waals surface area (Å²) in [5, 5.41) is 66.7. The number of aromatic hydroxyl groups is 1. The second-order valence-corrected chi connectivity index (χ2v) is 10.5. The molecule has 0 aromatic heterocycles. The van der Waals surface area contributed by atoms with Gasteiger partial charge in [-0.3, -0.25) is 0 Å². The smallest absolute Gasteiger partial charge is 0.344 e. The number of benzene rings is 1. The Hall–Kier alpha value is -2.68. The Kier molecular flexibility index (Phi) is 13.5. The number of nitrogen functional groups attached to an aromatic ring is 1. The molecule has 17 heteroatoms. The summed E-state index contributed by atoms with van der Waals surface area (Å²) < 4.78 is 32.7. The largest absolute Gasteiger partial charge is 0.507 e. The molecule has 44 heavy (non-hydrogen) atoms. The number of carbonyl (C=O) groups is 2. The lowest BCUT2D eigenvalue weighted by Gasteiger charge is -2.45. The SMILES string of the molecule is CNC1[C@H](O)OC(CO)[C@H](COC[C@@H]2OC(CO)[C@H](O)[C@H](OC(C)C(=O)OCOC(=O)c3cc(N)ccc3O)C2NC)[C@@H]1O. The number of phenols is 1. The Morgan fingerprint density at radius 2 is 1.64 bits per heavy atom. The van der Waals surface area contributed by atoms with Crippen molar-refractivity contribution >= 4 is 17.6 Å². The van der Waals surface area contributed by atoms with E-state index >= 15 is 0 Å². The minimum atomic E-state index is -1.38. The molecule has 0 spiro atoms. The lowest BCUT2D eigenvalue weighted by molar-refractivity contribution is -0.250. The third-order valence-electron chi connectivity index (χ3n) is 7.67. The molecule has 11 atom stereocenters. The van der Waals surface area contributed by atoms with Crippen molar-refractivity contribution in [3.8, 4) is 5.75 Å². The van der Waals surface area contributed by atoms with Gasteiger partial charge in [-0.15, -0.1) is 0 Å². The van der Waals surface area contributed by atoms with Gasteiger partial charge in [0.25, 0.3) is 0 Å². The number of rotatable bonds is 14. The molecule has 5 unspecified atom stereocenters. The molecular formula is C27H43N3O14. The first kappa shape index (κ1) is 35.8. The molecule has 0 amide bonds. The number of aliphatic hydroxyl groups excluding tert-OH is 5. The van der Waals surface area contributed by atoms with Gasteiger partial charge in [-0.2, -0.15) is 0 Å². The van der Waals surface area contributed by atoms with Crippen molar-refractivity contribution in [3.05, 3.63) is 23.8 Å². The number of esters is 2. The topological polar surface area (TPSA) is 261 Å². The van der Waals surface area contributed by atoms with E-state index in [1.165, 1.54) is 25.1 Å². The first-order valence-corrected chi connectivity index (χ1v) is 14.0. The van der Waals surface area contributed by atoms with Crippen molar-refractivity contribution in [2.75, 3.05) is 53.0 Å². The molecular weight excluding hydrogens is 590 g/mol. The summed E-state index contributed by atoms with van der Waals surface area (Å²) in [6.07, 6.45) is -9.02. The number of nitrogens with one attached hydrogen (secondary N) is 2. The average molecular weight is 634 g/mol. The van der Waals surface area contributed by atoms with Gasteiger partial charge in [0.2, 0.25) is 6.79 Å². The number of hydrogen-bond acceptors (Lipinski definition) is 17. The predicted molar refractivity (Wildman–Crippen MR) is 149 cm³/mol. The molecule has 1 aromatic rings. The van der Waals surface area contributed by atoms with Crippen molar-refractivity contribution in [2.24, 2.45) is 5.92 Å². The quantitative estimate of drug-likeness (QED) is 0.0415. The second kappa shape index (κ2) is 16.6. The minimum absolute atomic E-state index is 0.0970. The van der Waals surface area contributed by atoms with Crippen LogP contribution in [-0.4, -0.2) is 151 Å². The summed E-state index contributed by atoms with van der Waals surface area (Å²) in [6, 6.07) is 2.23. The van der Waals surface area contributed by atoms with Crippen LogP contribution in [0, 0.1) is 5.92 Å². The van der Waals surface area contributed by atoms with Gasteiger partial charge in [0.1, 0.15) is 29.6 Å². The minimum Gasteiger partial charge on any atom is -0.507 e. The number of hydrogen-bond donors (Lipinski definition) is 9. The number of anilines is 1. The van der Waals surface area contributed by atoms with E-state index in [9.17, 15) is 40.2 Å². The van der Waals surface area contributed by atoms with Crippen molar-refractivity contribution in [1.82, 2.24) is 10.6 Å². The van der Waals surface area contributed by atoms with Gasteiger partial charge >= 0.3 is 11.9 Å². The van der Waals surface area contributed by atoms with E-state index in [0.29, 0.717) is 0 Å². The van der Waals surface area contributed by atoms with E-state index in [2.05, 4.69) is 10.6 Å². The molecule has 0 saturated carbocycles. The number of likely N-dealkylation sites (N-methyl/N-ethyl adjacent to an activating group) is 2. The Labute approximate surface area is 253 Å². The third kappa shape index (κ3) is 8.52. The summed E-state index contributed by atoms with van der Waals surface area (Å²) >= 11 is 0. The summed E-state index contributed by atoms with van der Waals surface area (Å²) in [5.41, 5.74) is 5.61. The monoisotopic (exact) mass is 633 g/mol. The molecule has 1 aromatic carbocycles. The average Bonchev–Trinajstić information content (AvgIpc) is 3.00. The molecule has 0 bridgehead atoms. The molecule has 3 rings (SSSR count). The van der Waals surface area contributed by atoms with Gasteiger partial charge in [-0.1, -0.05) is 0 Å². The molecule has 2 aliphatic heterocycles. The van der Waals surface area contributed by atoms with Crippen LogP contribution in [0.15, 0.2) is 18.2 Å². The van der Waals surface area contributed by atoms with E-state index in [4.69, 9.17) is 34.2 Å². The molecule has 250 valence electrons. The van der Waals surface area contributed by atoms with E-state index in [1.54, 1.807) is 14.1 Å². The first-order chi connectivity index (χ1) is 21.0. The maximum Gasteiger partial charge on any atom is 0.344 e. The van der Waals surface area contributed by atoms with Crippen LogP contribution in [0.3, 0.4) is 0 Å². The van der Waals surface area contributed by atoms with E-state index in [1.807, 2.05) is 0 Å². The molecule has 17 nitrogen and oxygen atoms in total. The van der Waals surface area contributed by atoms with Crippen LogP contribution in [0.1, 0.15) is 17.3 Å². The van der Waals surface area contributed by atoms with E-state index < -0.39 is 99.0 Å². The molecule has 0 aliphatic carbocycles. The highest BCUT2D eigenvalue weighted by Crippen LogP contribution is 2.28. The van der Waals surface area contributed by atoms with Crippen LogP contribution >= 0.6 is 0 Å². The fourth-order valence-electron chi connectivity index (χ4n) is 5.22. The molecule has 2 fully saturated rings. The Morgan fingerprint density at radius 1 is 0.955 bits per heavy atom. The maximum atomic E-state index is 12.6. The highest BCUT2D eigenvalue weighted by atomic mass is 16.7. The first-order valence-electron chi connectivity index (χ1n) is 14.0. The zero-order chi connectivity index (χ0) is 32.6. The standard InChI is InChI=1S/C27H43N3O14/c1-12(25(36)40-11-41-26(37)14-6-13(28)4-5-16(14)33)42-24-20(29-2)19(43-18(8-32)23(24)35)10-39-9-15-17(7-31)44-27(38)21(30-3)22(15)34/h4-6,12,15,17-24,27,29-35,38H,7-11,28H2,1-3H3/t12?,15-,17?,18?,19-,20?,21?,22-,23-,24+,27+/m0/s1. The van der Waals surface area contributed by atoms with Crippen LogP contribution in [-0.2, 0) is 33.2 Å². The van der Waals surface area contributed by atoms with E-state index in [0.717, 1.165) is 0 Å². The summed E-state index contributed by atoms with van der Waals surface area (Å²) in [5.74, 6) is -2.99. The van der Waals surface area contributed by atoms with Gasteiger partial charge in [0, 0.05) is 11.6 Å². The Morgan fingerprint density at radius 3 is 2.27 bits per heavy atom. The molecule has 10 N–H and O–H groups in total. The maximum absolute atomic E-state index is 12.6. The zero-order valence-corrected chi connectivity index (χ0v) is 24.6. The second-order valence-electron chi connectivity index (χ2n) is 10.5. The van der Waals surface area contributed by atoms with Crippen molar-refractivity contribution < 1.29 is 68.6 Å². The number of nitrogens with two attached hydrogens (primary N) is 1. The predicted octanol–water partition coefficient (Wildman–Crippen LogP) is -3.59. The van der Waals surface area contributed by atoms with Gasteiger partial charge in [0.15, 0.2) is 12.4 Å². The third-order valence-corrected chi connectivity index (χ3v) is 7.67. The van der Waals surface area contributed by atoms with Crippen molar-refractivity contribution in [3.63, 3.8) is 0 Å². The zero-order valence-electron chi connectivity index (χ0n) is 24.6. The Bertz CT molecular complexity index is 1080. The van der Waals surface area contributed by atoms with Crippen molar-refractivity contribution in [2.45, 2.75) is 68.0 Å². The summed E-state index contributed by atoms with van der Waals surface area (Å²) in [7, 11) is 3.11. The van der Waals surface area contributed by atoms with Gasteiger partial charge < -0.3 is 75.4 Å². The lowest BCUT2D eigenvalue weighted by Crippen LogP contribution is -2.65. The summed E-state index contributed by atoms with van der Waals surface area (Å²) in [4.78, 5) is 24.8. The number of aliphatic hydroxyl groups is 5. The van der Waals surface area contributed by atoms with Gasteiger partial charge in [-0.05, 0) is 39.2 Å². The molecule has 2 aliphatic rings. The van der Waals surface area contributed by atoms with Crippen LogP contribution in [0.4, 0.5) is 5.69 Å².